The third-order valence-corrected chi connectivity index (χ3v) is 5.21. The Morgan fingerprint density at radius 3 is 2.57 bits per heavy atom. The monoisotopic (exact) mass is 372 g/mol. The first kappa shape index (κ1) is 14.4. The van der Waals surface area contributed by atoms with Crippen molar-refractivity contribution in [2.45, 2.75) is 11.7 Å². The number of aromatic nitrogens is 1. The second kappa shape index (κ2) is 5.03. The molecule has 3 rings (SSSR count). The molecule has 1 aromatic heterocycles. The van der Waals surface area contributed by atoms with Crippen LogP contribution in [0.5, 0.6) is 0 Å². The van der Waals surface area contributed by atoms with Gasteiger partial charge in [0.2, 0.25) is 5.91 Å². The fraction of sp³-hybridized carbons (Fsp3) is 0.231. The van der Waals surface area contributed by atoms with Crippen LogP contribution in [0.3, 0.4) is 0 Å². The summed E-state index contributed by atoms with van der Waals surface area (Å²) in [6, 6.07) is 7.28. The third-order valence-electron chi connectivity index (χ3n) is 3.47. The molecule has 2 aromatic rings. The van der Waals surface area contributed by atoms with Crippen molar-refractivity contribution < 1.29 is 17.1 Å². The number of carbonyl (C=O) groups excluding carboxylic acids is 1. The predicted octanol–water partition coefficient (Wildman–Crippen LogP) is 2.40. The van der Waals surface area contributed by atoms with Crippen LogP contribution in [0.4, 0.5) is 9.70 Å². The third kappa shape index (κ3) is 2.53. The highest BCUT2D eigenvalue weighted by molar-refractivity contribution is 9.10. The van der Waals surface area contributed by atoms with E-state index in [0.717, 1.165) is 9.86 Å². The van der Waals surface area contributed by atoms with Gasteiger partial charge in [-0.25, -0.2) is 4.98 Å². The molecule has 1 amide bonds. The minimum atomic E-state index is -4.74. The first-order chi connectivity index (χ1) is 9.88. The number of benzene rings is 1. The molecule has 1 unspecified atom stereocenters. The topological polar surface area (TPSA) is 67.3 Å². The van der Waals surface area contributed by atoms with Crippen molar-refractivity contribution in [3.8, 4) is 0 Å². The lowest BCUT2D eigenvalue weighted by atomic mass is 10.1. The van der Waals surface area contributed by atoms with E-state index in [4.69, 9.17) is 0 Å². The Balaban J connectivity index is 2.10. The van der Waals surface area contributed by atoms with Crippen molar-refractivity contribution >= 4 is 48.7 Å². The Morgan fingerprint density at radius 2 is 1.95 bits per heavy atom. The van der Waals surface area contributed by atoms with Gasteiger partial charge in [-0.05, 0) is 15.9 Å². The van der Waals surface area contributed by atoms with Gasteiger partial charge in [0.15, 0.2) is 0 Å². The van der Waals surface area contributed by atoms with Crippen LogP contribution in [0.1, 0.15) is 6.42 Å². The fourth-order valence-electron chi connectivity index (χ4n) is 2.43. The Labute approximate surface area is 129 Å². The van der Waals surface area contributed by atoms with Crippen molar-refractivity contribution in [2.75, 3.05) is 11.4 Å². The average Bonchev–Trinajstić information content (AvgIpc) is 2.82. The molecule has 0 bridgehead atoms. The molecule has 8 heteroatoms. The zero-order chi connectivity index (χ0) is 15.2. The van der Waals surface area contributed by atoms with E-state index < -0.39 is 21.4 Å². The minimum absolute atomic E-state index is 0.212. The molecule has 1 aliphatic rings. The molecule has 1 saturated heterocycles. The van der Waals surface area contributed by atoms with Gasteiger partial charge in [0.1, 0.15) is 11.1 Å². The van der Waals surface area contributed by atoms with E-state index in [-0.39, 0.29) is 13.0 Å². The number of anilines is 1. The molecule has 0 N–H and O–H groups in total. The molecule has 0 saturated carbocycles. The van der Waals surface area contributed by atoms with Crippen LogP contribution in [0.25, 0.3) is 10.8 Å². The Morgan fingerprint density at radius 1 is 1.29 bits per heavy atom. The molecule has 1 atom stereocenters. The Hall–Kier alpha value is -1.54. The van der Waals surface area contributed by atoms with Gasteiger partial charge >= 0.3 is 10.2 Å². The lowest BCUT2D eigenvalue weighted by molar-refractivity contribution is -0.117. The molecule has 0 radical (unpaired) electrons. The van der Waals surface area contributed by atoms with E-state index >= 15 is 0 Å². The zero-order valence-corrected chi connectivity index (χ0v) is 13.1. The zero-order valence-electron chi connectivity index (χ0n) is 10.7. The number of rotatable bonds is 2. The van der Waals surface area contributed by atoms with Crippen LogP contribution in [-0.2, 0) is 15.0 Å². The molecule has 5 nitrogen and oxygen atoms in total. The largest absolute Gasteiger partial charge is 0.307 e. The van der Waals surface area contributed by atoms with Crippen molar-refractivity contribution in [3.05, 3.63) is 34.9 Å². The van der Waals surface area contributed by atoms with Crippen molar-refractivity contribution in [2.24, 2.45) is 0 Å². The highest BCUT2D eigenvalue weighted by Crippen LogP contribution is 2.33. The summed E-state index contributed by atoms with van der Waals surface area (Å²) >= 11 is 3.38. The molecule has 0 aliphatic carbocycles. The molecule has 2 heterocycles. The molecule has 21 heavy (non-hydrogen) atoms. The van der Waals surface area contributed by atoms with Crippen LogP contribution in [0, 0.1) is 0 Å². The number of halogens is 2. The number of fused-ring (bicyclic) bond motifs is 1. The van der Waals surface area contributed by atoms with Gasteiger partial charge in [0, 0.05) is 34.4 Å². The predicted molar refractivity (Wildman–Crippen MR) is 80.2 cm³/mol. The van der Waals surface area contributed by atoms with Crippen LogP contribution in [-0.4, -0.2) is 31.1 Å². The molecule has 0 spiro atoms. The summed E-state index contributed by atoms with van der Waals surface area (Å²) in [6.07, 6.45) is 1.19. The molecular formula is C13H10BrFN2O3S. The summed E-state index contributed by atoms with van der Waals surface area (Å²) in [5, 5.41) is 0.230. The molecule has 110 valence electrons. The van der Waals surface area contributed by atoms with Crippen LogP contribution in [0.2, 0.25) is 0 Å². The van der Waals surface area contributed by atoms with Gasteiger partial charge < -0.3 is 0 Å². The summed E-state index contributed by atoms with van der Waals surface area (Å²) in [5.41, 5.74) is 0. The second-order valence-corrected chi connectivity index (χ2v) is 7.25. The normalized spacial score (nSPS) is 19.4. The van der Waals surface area contributed by atoms with E-state index in [1.807, 2.05) is 12.1 Å². The average molecular weight is 373 g/mol. The van der Waals surface area contributed by atoms with Gasteiger partial charge in [-0.2, -0.15) is 8.42 Å². The van der Waals surface area contributed by atoms with E-state index in [1.165, 1.54) is 4.90 Å². The summed E-state index contributed by atoms with van der Waals surface area (Å²) < 4.78 is 35.9. The SMILES string of the molecule is O=C1CC(S(=O)(=O)F)CN1c1ncc(Br)c2ccccc12. The van der Waals surface area contributed by atoms with Gasteiger partial charge in [0.25, 0.3) is 0 Å². The highest BCUT2D eigenvalue weighted by Gasteiger charge is 2.40. The van der Waals surface area contributed by atoms with E-state index in [1.54, 1.807) is 18.3 Å². The highest BCUT2D eigenvalue weighted by atomic mass is 79.9. The maximum absolute atomic E-state index is 13.1. The first-order valence-electron chi connectivity index (χ1n) is 6.15. The quantitative estimate of drug-likeness (QED) is 0.759. The smallest absolute Gasteiger partial charge is 0.295 e. The molecule has 1 aliphatic heterocycles. The summed E-state index contributed by atoms with van der Waals surface area (Å²) in [4.78, 5) is 17.4. The number of amides is 1. The molecule has 1 aromatic carbocycles. The van der Waals surface area contributed by atoms with E-state index in [2.05, 4.69) is 20.9 Å². The van der Waals surface area contributed by atoms with Crippen molar-refractivity contribution in [1.29, 1.82) is 0 Å². The summed E-state index contributed by atoms with van der Waals surface area (Å²) in [7, 11) is -4.74. The maximum Gasteiger partial charge on any atom is 0.307 e. The summed E-state index contributed by atoms with van der Waals surface area (Å²) in [5.74, 6) is -0.0915. The van der Waals surface area contributed by atoms with Crippen LogP contribution >= 0.6 is 15.9 Å². The van der Waals surface area contributed by atoms with Gasteiger partial charge in [-0.1, -0.05) is 24.3 Å². The van der Waals surface area contributed by atoms with Crippen LogP contribution < -0.4 is 4.90 Å². The van der Waals surface area contributed by atoms with E-state index in [0.29, 0.717) is 11.2 Å². The lowest BCUT2D eigenvalue weighted by Gasteiger charge is -2.17. The standard InChI is InChI=1S/C13H10BrFN2O3S/c14-11-6-16-13(10-4-2-1-3-9(10)11)17-7-8(5-12(17)18)21(15,19)20/h1-4,6,8H,5,7H2. The number of hydrogen-bond acceptors (Lipinski definition) is 4. The molecule has 1 fully saturated rings. The Kier molecular flexibility index (Phi) is 3.45. The van der Waals surface area contributed by atoms with Crippen LogP contribution in [0.15, 0.2) is 34.9 Å². The first-order valence-corrected chi connectivity index (χ1v) is 8.39. The van der Waals surface area contributed by atoms with Gasteiger partial charge in [-0.15, -0.1) is 3.89 Å². The summed E-state index contributed by atoms with van der Waals surface area (Å²) in [6.45, 7) is -0.212. The number of hydrogen-bond donors (Lipinski definition) is 0. The number of nitrogens with zero attached hydrogens (tertiary/aromatic N) is 2. The fourth-order valence-corrected chi connectivity index (χ4v) is 3.54. The Bertz CT molecular complexity index is 840. The van der Waals surface area contributed by atoms with Gasteiger partial charge in [0.05, 0.1) is 0 Å². The van der Waals surface area contributed by atoms with Crippen molar-refractivity contribution in [1.82, 2.24) is 4.98 Å². The maximum atomic E-state index is 13.1. The number of carbonyl (C=O) groups is 1. The minimum Gasteiger partial charge on any atom is -0.295 e. The van der Waals surface area contributed by atoms with E-state index in [9.17, 15) is 17.1 Å². The van der Waals surface area contributed by atoms with Crippen molar-refractivity contribution in [3.63, 3.8) is 0 Å². The number of pyridine rings is 1. The van der Waals surface area contributed by atoms with Gasteiger partial charge in [-0.3, -0.25) is 9.69 Å². The molecular weight excluding hydrogens is 363 g/mol. The second-order valence-electron chi connectivity index (χ2n) is 4.78. The lowest BCUT2D eigenvalue weighted by Crippen LogP contribution is -2.27.